The molecular formula is C15H20N2O2. The maximum absolute atomic E-state index is 12.0. The van der Waals surface area contributed by atoms with Crippen LogP contribution in [0.2, 0.25) is 0 Å². The Bertz CT molecular complexity index is 454. The van der Waals surface area contributed by atoms with Crippen molar-refractivity contribution in [3.63, 3.8) is 0 Å². The van der Waals surface area contributed by atoms with E-state index >= 15 is 0 Å². The van der Waals surface area contributed by atoms with Crippen molar-refractivity contribution >= 4 is 11.8 Å². The van der Waals surface area contributed by atoms with Crippen molar-refractivity contribution in [2.24, 2.45) is 5.92 Å². The van der Waals surface area contributed by atoms with Gasteiger partial charge in [-0.1, -0.05) is 18.2 Å². The van der Waals surface area contributed by atoms with E-state index in [0.29, 0.717) is 11.5 Å². The van der Waals surface area contributed by atoms with Gasteiger partial charge in [0.15, 0.2) is 0 Å². The van der Waals surface area contributed by atoms with E-state index in [0.717, 1.165) is 0 Å². The van der Waals surface area contributed by atoms with Gasteiger partial charge in [0, 0.05) is 18.7 Å². The first-order chi connectivity index (χ1) is 9.09. The Kier molecular flexibility index (Phi) is 4.20. The standard InChI is InChI=1S/C15H20N2O2/c1-11(12-8-9-12)17(2)14(18)10-16-15(19)13-6-4-3-5-7-13/h3-7,11-12H,8-10H2,1-2H3,(H,16,19)/t11-/m0/s1. The Morgan fingerprint density at radius 3 is 2.53 bits per heavy atom. The Hall–Kier alpha value is -1.84. The molecule has 0 spiro atoms. The van der Waals surface area contributed by atoms with Crippen LogP contribution in [0.1, 0.15) is 30.1 Å². The van der Waals surface area contributed by atoms with Gasteiger partial charge >= 0.3 is 0 Å². The minimum absolute atomic E-state index is 0.0383. The summed E-state index contributed by atoms with van der Waals surface area (Å²) in [7, 11) is 1.81. The number of amides is 2. The highest BCUT2D eigenvalue weighted by molar-refractivity contribution is 5.96. The highest BCUT2D eigenvalue weighted by Crippen LogP contribution is 2.34. The normalized spacial score (nSPS) is 15.7. The van der Waals surface area contributed by atoms with Crippen LogP contribution in [0, 0.1) is 5.92 Å². The number of nitrogens with zero attached hydrogens (tertiary/aromatic N) is 1. The van der Waals surface area contributed by atoms with Crippen molar-refractivity contribution in [3.05, 3.63) is 35.9 Å². The minimum atomic E-state index is -0.207. The molecule has 4 nitrogen and oxygen atoms in total. The highest BCUT2D eigenvalue weighted by atomic mass is 16.2. The van der Waals surface area contributed by atoms with Crippen LogP contribution in [0.5, 0.6) is 0 Å². The van der Waals surface area contributed by atoms with Gasteiger partial charge in [0.05, 0.1) is 6.54 Å². The molecule has 0 aromatic heterocycles. The summed E-state index contributed by atoms with van der Waals surface area (Å²) in [6.45, 7) is 2.12. The van der Waals surface area contributed by atoms with Gasteiger partial charge in [0.2, 0.25) is 5.91 Å². The van der Waals surface area contributed by atoms with Crippen molar-refractivity contribution < 1.29 is 9.59 Å². The Labute approximate surface area is 113 Å². The number of rotatable bonds is 5. The summed E-state index contributed by atoms with van der Waals surface area (Å²) in [5, 5.41) is 2.66. The second-order valence-corrected chi connectivity index (χ2v) is 5.13. The number of likely N-dealkylation sites (N-methyl/N-ethyl adjacent to an activating group) is 1. The fraction of sp³-hybridized carbons (Fsp3) is 0.467. The fourth-order valence-corrected chi connectivity index (χ4v) is 2.09. The molecule has 1 aliphatic rings. The SMILES string of the molecule is C[C@@H](C1CC1)N(C)C(=O)CNC(=O)c1ccccc1. The molecule has 1 saturated carbocycles. The van der Waals surface area contributed by atoms with E-state index in [2.05, 4.69) is 12.2 Å². The minimum Gasteiger partial charge on any atom is -0.343 e. The van der Waals surface area contributed by atoms with Gasteiger partial charge in [-0.2, -0.15) is 0 Å². The summed E-state index contributed by atoms with van der Waals surface area (Å²) >= 11 is 0. The van der Waals surface area contributed by atoms with Crippen LogP contribution >= 0.6 is 0 Å². The molecule has 0 aliphatic heterocycles. The van der Waals surface area contributed by atoms with Gasteiger partial charge in [-0.3, -0.25) is 9.59 Å². The molecule has 1 atom stereocenters. The zero-order chi connectivity index (χ0) is 13.8. The first-order valence-electron chi connectivity index (χ1n) is 6.68. The molecule has 1 aromatic rings. The zero-order valence-electron chi connectivity index (χ0n) is 11.4. The van der Waals surface area contributed by atoms with Gasteiger partial charge in [-0.25, -0.2) is 0 Å². The lowest BCUT2D eigenvalue weighted by molar-refractivity contribution is -0.130. The lowest BCUT2D eigenvalue weighted by Gasteiger charge is -2.25. The van der Waals surface area contributed by atoms with E-state index in [-0.39, 0.29) is 24.4 Å². The lowest BCUT2D eigenvalue weighted by Crippen LogP contribution is -2.43. The topological polar surface area (TPSA) is 49.4 Å². The molecule has 1 aliphatic carbocycles. The largest absolute Gasteiger partial charge is 0.343 e. The highest BCUT2D eigenvalue weighted by Gasteiger charge is 2.32. The van der Waals surface area contributed by atoms with E-state index in [1.807, 2.05) is 6.07 Å². The second-order valence-electron chi connectivity index (χ2n) is 5.13. The van der Waals surface area contributed by atoms with Crippen LogP contribution in [0.4, 0.5) is 0 Å². The summed E-state index contributed by atoms with van der Waals surface area (Å²) in [4.78, 5) is 25.5. The smallest absolute Gasteiger partial charge is 0.251 e. The monoisotopic (exact) mass is 260 g/mol. The Morgan fingerprint density at radius 1 is 1.32 bits per heavy atom. The van der Waals surface area contributed by atoms with Crippen molar-refractivity contribution in [1.82, 2.24) is 10.2 Å². The van der Waals surface area contributed by atoms with Gasteiger partial charge in [0.25, 0.3) is 5.91 Å². The average molecular weight is 260 g/mol. The van der Waals surface area contributed by atoms with E-state index in [1.165, 1.54) is 12.8 Å². The van der Waals surface area contributed by atoms with E-state index in [1.54, 1.807) is 36.2 Å². The van der Waals surface area contributed by atoms with E-state index in [9.17, 15) is 9.59 Å². The molecule has 1 fully saturated rings. The molecule has 2 rings (SSSR count). The number of carbonyl (C=O) groups is 2. The van der Waals surface area contributed by atoms with Crippen LogP contribution in [-0.2, 0) is 4.79 Å². The van der Waals surface area contributed by atoms with Crippen molar-refractivity contribution in [2.75, 3.05) is 13.6 Å². The zero-order valence-corrected chi connectivity index (χ0v) is 11.4. The summed E-state index contributed by atoms with van der Waals surface area (Å²) in [5.41, 5.74) is 0.577. The molecule has 0 saturated heterocycles. The maximum atomic E-state index is 12.0. The molecule has 4 heteroatoms. The van der Waals surface area contributed by atoms with Crippen molar-refractivity contribution in [2.45, 2.75) is 25.8 Å². The van der Waals surface area contributed by atoms with Gasteiger partial charge < -0.3 is 10.2 Å². The van der Waals surface area contributed by atoms with Gasteiger partial charge in [0.1, 0.15) is 0 Å². The molecule has 1 N–H and O–H groups in total. The lowest BCUT2D eigenvalue weighted by atomic mass is 10.2. The van der Waals surface area contributed by atoms with Crippen molar-refractivity contribution in [1.29, 1.82) is 0 Å². The molecule has 2 amide bonds. The number of carbonyl (C=O) groups excluding carboxylic acids is 2. The fourth-order valence-electron chi connectivity index (χ4n) is 2.09. The predicted molar refractivity (Wildman–Crippen MR) is 73.7 cm³/mol. The third-order valence-electron chi connectivity index (χ3n) is 3.74. The van der Waals surface area contributed by atoms with Crippen LogP contribution in [0.3, 0.4) is 0 Å². The molecule has 19 heavy (non-hydrogen) atoms. The number of benzene rings is 1. The number of nitrogens with one attached hydrogen (secondary N) is 1. The van der Waals surface area contributed by atoms with Crippen LogP contribution in [0.15, 0.2) is 30.3 Å². The molecule has 102 valence electrons. The maximum Gasteiger partial charge on any atom is 0.251 e. The summed E-state index contributed by atoms with van der Waals surface area (Å²) in [5.74, 6) is 0.392. The second kappa shape index (κ2) is 5.87. The van der Waals surface area contributed by atoms with E-state index < -0.39 is 0 Å². The van der Waals surface area contributed by atoms with Gasteiger partial charge in [-0.05, 0) is 37.8 Å². The summed E-state index contributed by atoms with van der Waals surface area (Å²) in [6, 6.07) is 9.19. The molecule has 1 aromatic carbocycles. The third-order valence-corrected chi connectivity index (χ3v) is 3.74. The number of hydrogen-bond donors (Lipinski definition) is 1. The van der Waals surface area contributed by atoms with Crippen LogP contribution in [0.25, 0.3) is 0 Å². The summed E-state index contributed by atoms with van der Waals surface area (Å²) in [6.07, 6.45) is 2.41. The Morgan fingerprint density at radius 2 is 1.95 bits per heavy atom. The molecular weight excluding hydrogens is 240 g/mol. The Balaban J connectivity index is 1.81. The first-order valence-corrected chi connectivity index (χ1v) is 6.68. The quantitative estimate of drug-likeness (QED) is 0.875. The summed E-state index contributed by atoms with van der Waals surface area (Å²) < 4.78 is 0. The van der Waals surface area contributed by atoms with Crippen molar-refractivity contribution in [3.8, 4) is 0 Å². The van der Waals surface area contributed by atoms with Gasteiger partial charge in [-0.15, -0.1) is 0 Å². The van der Waals surface area contributed by atoms with Crippen LogP contribution < -0.4 is 5.32 Å². The average Bonchev–Trinajstić information content (AvgIpc) is 3.28. The molecule has 0 bridgehead atoms. The molecule has 0 radical (unpaired) electrons. The third kappa shape index (κ3) is 3.56. The van der Waals surface area contributed by atoms with E-state index in [4.69, 9.17) is 0 Å². The molecule has 0 heterocycles. The first kappa shape index (κ1) is 13.6. The number of hydrogen-bond acceptors (Lipinski definition) is 2. The molecule has 0 unspecified atom stereocenters. The predicted octanol–water partition coefficient (Wildman–Crippen LogP) is 1.67. The van der Waals surface area contributed by atoms with Crippen LogP contribution in [-0.4, -0.2) is 36.3 Å².